The van der Waals surface area contributed by atoms with Crippen molar-refractivity contribution in [3.63, 3.8) is 0 Å². The smallest absolute Gasteiger partial charge is 0.263 e. The Morgan fingerprint density at radius 1 is 1.14 bits per heavy atom. The zero-order valence-corrected chi connectivity index (χ0v) is 18.2. The molecule has 0 saturated carbocycles. The van der Waals surface area contributed by atoms with Crippen molar-refractivity contribution in [3.05, 3.63) is 29.3 Å². The Labute approximate surface area is 168 Å². The first-order valence-corrected chi connectivity index (χ1v) is 12.0. The third-order valence-corrected chi connectivity index (χ3v) is 7.54. The van der Waals surface area contributed by atoms with E-state index in [1.807, 2.05) is 24.8 Å². The summed E-state index contributed by atoms with van der Waals surface area (Å²) in [6.07, 6.45) is 0.166. The van der Waals surface area contributed by atoms with E-state index < -0.39 is 15.9 Å². The Balaban J connectivity index is 1.57. The summed E-state index contributed by atoms with van der Waals surface area (Å²) in [6, 6.07) is 6.24. The average Bonchev–Trinajstić information content (AvgIpc) is 3.01. The largest absolute Gasteiger partial charge is 0.481 e. The van der Waals surface area contributed by atoms with Crippen LogP contribution in [0.3, 0.4) is 0 Å². The molecule has 0 aromatic heterocycles. The number of rotatable bonds is 5. The van der Waals surface area contributed by atoms with Crippen LogP contribution in [0.15, 0.2) is 18.2 Å². The SMILES string of the molecule is Cc1ccc(C(C)C)c(OC(C)C(=O)N2CCN(C3CCS(=O)(=O)C3)CC2)c1. The van der Waals surface area contributed by atoms with Crippen molar-refractivity contribution in [1.82, 2.24) is 9.80 Å². The molecule has 1 aromatic rings. The van der Waals surface area contributed by atoms with Crippen molar-refractivity contribution in [3.8, 4) is 5.75 Å². The van der Waals surface area contributed by atoms with Gasteiger partial charge in [0.15, 0.2) is 15.9 Å². The fraction of sp³-hybridized carbons (Fsp3) is 0.667. The van der Waals surface area contributed by atoms with Crippen LogP contribution in [-0.2, 0) is 14.6 Å². The maximum absolute atomic E-state index is 12.9. The predicted molar refractivity (Wildman–Crippen MR) is 111 cm³/mol. The van der Waals surface area contributed by atoms with Gasteiger partial charge in [-0.1, -0.05) is 26.0 Å². The minimum absolute atomic E-state index is 0.00472. The second kappa shape index (κ2) is 8.41. The van der Waals surface area contributed by atoms with Gasteiger partial charge in [-0.15, -0.1) is 0 Å². The predicted octanol–water partition coefficient (Wildman–Crippen LogP) is 2.22. The van der Waals surface area contributed by atoms with E-state index in [9.17, 15) is 13.2 Å². The normalized spacial score (nSPS) is 23.8. The van der Waals surface area contributed by atoms with Crippen molar-refractivity contribution in [2.24, 2.45) is 0 Å². The first-order valence-electron chi connectivity index (χ1n) is 10.2. The van der Waals surface area contributed by atoms with Gasteiger partial charge in [0.2, 0.25) is 0 Å². The van der Waals surface area contributed by atoms with Gasteiger partial charge in [0.1, 0.15) is 5.75 Å². The molecule has 2 heterocycles. The molecular weight excluding hydrogens is 376 g/mol. The van der Waals surface area contributed by atoms with Crippen LogP contribution in [-0.4, -0.2) is 74.0 Å². The summed E-state index contributed by atoms with van der Waals surface area (Å²) in [5, 5.41) is 0. The number of piperazine rings is 1. The Kier molecular flexibility index (Phi) is 6.34. The van der Waals surface area contributed by atoms with E-state index in [1.165, 1.54) is 0 Å². The monoisotopic (exact) mass is 408 g/mol. The van der Waals surface area contributed by atoms with Gasteiger partial charge in [0, 0.05) is 32.2 Å². The number of aryl methyl sites for hydroxylation is 1. The van der Waals surface area contributed by atoms with Crippen LogP contribution in [0.25, 0.3) is 0 Å². The summed E-state index contributed by atoms with van der Waals surface area (Å²) in [4.78, 5) is 16.9. The van der Waals surface area contributed by atoms with Crippen LogP contribution >= 0.6 is 0 Å². The molecule has 0 N–H and O–H groups in total. The van der Waals surface area contributed by atoms with Gasteiger partial charge in [0.25, 0.3) is 5.91 Å². The molecule has 0 aliphatic carbocycles. The molecule has 2 aliphatic heterocycles. The number of nitrogens with zero attached hydrogens (tertiary/aromatic N) is 2. The molecule has 0 spiro atoms. The summed E-state index contributed by atoms with van der Waals surface area (Å²) < 4.78 is 29.5. The van der Waals surface area contributed by atoms with Gasteiger partial charge >= 0.3 is 0 Å². The number of benzene rings is 1. The lowest BCUT2D eigenvalue weighted by Gasteiger charge is -2.38. The molecule has 2 fully saturated rings. The molecule has 3 rings (SSSR count). The van der Waals surface area contributed by atoms with Gasteiger partial charge in [-0.05, 0) is 43.4 Å². The number of hydrogen-bond acceptors (Lipinski definition) is 5. The maximum Gasteiger partial charge on any atom is 0.263 e. The van der Waals surface area contributed by atoms with Crippen molar-refractivity contribution < 1.29 is 17.9 Å². The first kappa shape index (κ1) is 21.1. The molecule has 2 atom stereocenters. The number of hydrogen-bond donors (Lipinski definition) is 0. The number of carbonyl (C=O) groups excluding carboxylic acids is 1. The number of carbonyl (C=O) groups is 1. The molecule has 28 heavy (non-hydrogen) atoms. The lowest BCUT2D eigenvalue weighted by atomic mass is 10.0. The van der Waals surface area contributed by atoms with Crippen LogP contribution in [0.2, 0.25) is 0 Å². The standard InChI is InChI=1S/C21H32N2O4S/c1-15(2)19-6-5-16(3)13-20(19)27-17(4)21(24)23-10-8-22(9-11-23)18-7-12-28(25,26)14-18/h5-6,13,15,17-18H,7-12,14H2,1-4H3. The average molecular weight is 409 g/mol. The zero-order valence-electron chi connectivity index (χ0n) is 17.3. The maximum atomic E-state index is 12.9. The molecule has 156 valence electrons. The van der Waals surface area contributed by atoms with Crippen molar-refractivity contribution in [2.45, 2.75) is 52.2 Å². The fourth-order valence-electron chi connectivity index (χ4n) is 4.09. The van der Waals surface area contributed by atoms with E-state index >= 15 is 0 Å². The molecule has 2 unspecified atom stereocenters. The van der Waals surface area contributed by atoms with Crippen LogP contribution in [0.4, 0.5) is 0 Å². The highest BCUT2D eigenvalue weighted by atomic mass is 32.2. The van der Waals surface area contributed by atoms with Crippen LogP contribution < -0.4 is 4.74 Å². The van der Waals surface area contributed by atoms with E-state index in [0.29, 0.717) is 25.4 Å². The molecular formula is C21H32N2O4S. The van der Waals surface area contributed by atoms with Crippen LogP contribution in [0.5, 0.6) is 5.75 Å². The molecule has 6 nitrogen and oxygen atoms in total. The summed E-state index contributed by atoms with van der Waals surface area (Å²) in [5.41, 5.74) is 2.22. The zero-order chi connectivity index (χ0) is 20.5. The van der Waals surface area contributed by atoms with Crippen molar-refractivity contribution in [1.29, 1.82) is 0 Å². The number of ether oxygens (including phenoxy) is 1. The lowest BCUT2D eigenvalue weighted by molar-refractivity contribution is -0.140. The van der Waals surface area contributed by atoms with Gasteiger partial charge in [-0.2, -0.15) is 0 Å². The van der Waals surface area contributed by atoms with E-state index in [2.05, 4.69) is 30.9 Å². The van der Waals surface area contributed by atoms with Gasteiger partial charge < -0.3 is 9.64 Å². The Hall–Kier alpha value is -1.60. The van der Waals surface area contributed by atoms with Gasteiger partial charge in [0.05, 0.1) is 11.5 Å². The Morgan fingerprint density at radius 2 is 1.82 bits per heavy atom. The highest BCUT2D eigenvalue weighted by Gasteiger charge is 2.35. The second-order valence-electron chi connectivity index (χ2n) is 8.37. The lowest BCUT2D eigenvalue weighted by Crippen LogP contribution is -2.54. The van der Waals surface area contributed by atoms with E-state index in [1.54, 1.807) is 0 Å². The Morgan fingerprint density at radius 3 is 2.39 bits per heavy atom. The second-order valence-corrected chi connectivity index (χ2v) is 10.6. The van der Waals surface area contributed by atoms with Crippen LogP contribution in [0.1, 0.15) is 44.2 Å². The molecule has 1 aromatic carbocycles. The highest BCUT2D eigenvalue weighted by Crippen LogP contribution is 2.28. The number of amides is 1. The quantitative estimate of drug-likeness (QED) is 0.747. The number of sulfone groups is 1. The summed E-state index contributed by atoms with van der Waals surface area (Å²) in [5.74, 6) is 1.65. The molecule has 0 radical (unpaired) electrons. The molecule has 2 aliphatic rings. The van der Waals surface area contributed by atoms with Gasteiger partial charge in [-0.25, -0.2) is 8.42 Å². The van der Waals surface area contributed by atoms with Crippen molar-refractivity contribution >= 4 is 15.7 Å². The summed E-state index contributed by atoms with van der Waals surface area (Å²) in [6.45, 7) is 10.7. The molecule has 7 heteroatoms. The van der Waals surface area contributed by atoms with Crippen LogP contribution in [0, 0.1) is 6.92 Å². The topological polar surface area (TPSA) is 66.9 Å². The van der Waals surface area contributed by atoms with Gasteiger partial charge in [-0.3, -0.25) is 9.69 Å². The summed E-state index contributed by atoms with van der Waals surface area (Å²) in [7, 11) is -2.88. The molecule has 0 bridgehead atoms. The third kappa shape index (κ3) is 4.87. The van der Waals surface area contributed by atoms with Crippen molar-refractivity contribution in [2.75, 3.05) is 37.7 Å². The van der Waals surface area contributed by atoms with E-state index in [4.69, 9.17) is 4.74 Å². The van der Waals surface area contributed by atoms with E-state index in [0.717, 1.165) is 30.0 Å². The fourth-order valence-corrected chi connectivity index (χ4v) is 5.85. The Bertz CT molecular complexity index is 814. The summed E-state index contributed by atoms with van der Waals surface area (Å²) >= 11 is 0. The highest BCUT2D eigenvalue weighted by molar-refractivity contribution is 7.91. The minimum Gasteiger partial charge on any atom is -0.481 e. The first-order chi connectivity index (χ1) is 13.2. The van der Waals surface area contributed by atoms with E-state index in [-0.39, 0.29) is 23.5 Å². The molecule has 1 amide bonds. The minimum atomic E-state index is -2.88. The third-order valence-electron chi connectivity index (χ3n) is 5.79. The molecule has 2 saturated heterocycles.